The summed E-state index contributed by atoms with van der Waals surface area (Å²) in [4.78, 5) is 4.28. The van der Waals surface area contributed by atoms with E-state index in [1.807, 2.05) is 49.4 Å². The van der Waals surface area contributed by atoms with Gasteiger partial charge in [-0.15, -0.1) is 0 Å². The van der Waals surface area contributed by atoms with Gasteiger partial charge in [0.2, 0.25) is 0 Å². The van der Waals surface area contributed by atoms with Gasteiger partial charge in [-0.2, -0.15) is 0 Å². The maximum Gasteiger partial charge on any atom is 0.0942 e. The van der Waals surface area contributed by atoms with Gasteiger partial charge in [0.1, 0.15) is 0 Å². The van der Waals surface area contributed by atoms with Crippen molar-refractivity contribution in [2.45, 2.75) is 39.0 Å². The van der Waals surface area contributed by atoms with E-state index in [1.165, 1.54) is 5.56 Å². The number of nitrogens with zero attached hydrogens (tertiary/aromatic N) is 1. The zero-order chi connectivity index (χ0) is 14.4. The second-order valence-electron chi connectivity index (χ2n) is 5.07. The normalized spacial score (nSPS) is 13.9. The lowest BCUT2D eigenvalue weighted by molar-refractivity contribution is 0.125. The molecule has 0 aliphatic carbocycles. The molecule has 2 unspecified atom stereocenters. The number of benzene rings is 1. The number of hydrogen-bond acceptors (Lipinski definition) is 3. The fourth-order valence-electron chi connectivity index (χ4n) is 2.21. The first-order chi connectivity index (χ1) is 9.70. The molecular formula is C17H22N2O. The van der Waals surface area contributed by atoms with Crippen LogP contribution in [0.25, 0.3) is 0 Å². The van der Waals surface area contributed by atoms with E-state index in [0.29, 0.717) is 6.54 Å². The lowest BCUT2D eigenvalue weighted by atomic mass is 9.99. The van der Waals surface area contributed by atoms with Crippen LogP contribution in [0.1, 0.15) is 36.3 Å². The van der Waals surface area contributed by atoms with Crippen LogP contribution < -0.4 is 5.32 Å². The van der Waals surface area contributed by atoms with Crippen molar-refractivity contribution in [3.05, 3.63) is 65.5 Å². The molecule has 1 heterocycles. The van der Waals surface area contributed by atoms with Gasteiger partial charge in [-0.05, 0) is 31.0 Å². The van der Waals surface area contributed by atoms with Gasteiger partial charge < -0.3 is 10.4 Å². The van der Waals surface area contributed by atoms with Crippen molar-refractivity contribution in [2.75, 3.05) is 0 Å². The van der Waals surface area contributed by atoms with Crippen molar-refractivity contribution in [3.63, 3.8) is 0 Å². The van der Waals surface area contributed by atoms with Crippen LogP contribution >= 0.6 is 0 Å². The quantitative estimate of drug-likeness (QED) is 0.848. The average Bonchev–Trinajstić information content (AvgIpc) is 2.49. The molecule has 0 radical (unpaired) electrons. The molecule has 0 saturated carbocycles. The van der Waals surface area contributed by atoms with Gasteiger partial charge in [0.25, 0.3) is 0 Å². The Morgan fingerprint density at radius 3 is 2.50 bits per heavy atom. The first-order valence-corrected chi connectivity index (χ1v) is 7.08. The van der Waals surface area contributed by atoms with Gasteiger partial charge in [-0.3, -0.25) is 4.98 Å². The molecule has 0 saturated heterocycles. The number of rotatable bonds is 6. The van der Waals surface area contributed by atoms with Crippen LogP contribution in [0.2, 0.25) is 0 Å². The van der Waals surface area contributed by atoms with E-state index in [4.69, 9.17) is 0 Å². The third kappa shape index (κ3) is 3.89. The number of aromatic nitrogens is 1. The number of aliphatic hydroxyl groups excluding tert-OH is 1. The Hall–Kier alpha value is -1.71. The fraction of sp³-hybridized carbons (Fsp3) is 0.353. The van der Waals surface area contributed by atoms with E-state index in [-0.39, 0.29) is 6.04 Å². The van der Waals surface area contributed by atoms with Gasteiger partial charge in [0.15, 0.2) is 0 Å². The van der Waals surface area contributed by atoms with Gasteiger partial charge in [0.05, 0.1) is 11.8 Å². The summed E-state index contributed by atoms with van der Waals surface area (Å²) in [7, 11) is 0. The molecule has 3 heteroatoms. The summed E-state index contributed by atoms with van der Waals surface area (Å²) in [5, 5.41) is 13.9. The molecule has 2 aromatic rings. The Labute approximate surface area is 120 Å². The van der Waals surface area contributed by atoms with E-state index in [0.717, 1.165) is 17.7 Å². The van der Waals surface area contributed by atoms with Gasteiger partial charge in [-0.1, -0.05) is 42.8 Å². The average molecular weight is 270 g/mol. The van der Waals surface area contributed by atoms with Crippen LogP contribution in [0.15, 0.2) is 48.7 Å². The summed E-state index contributed by atoms with van der Waals surface area (Å²) in [6, 6.07) is 13.9. The predicted octanol–water partition coefficient (Wildman–Crippen LogP) is 2.99. The maximum absolute atomic E-state index is 10.5. The molecule has 0 aliphatic heterocycles. The smallest absolute Gasteiger partial charge is 0.0942 e. The summed E-state index contributed by atoms with van der Waals surface area (Å²) in [5.74, 6) is 0. The minimum absolute atomic E-state index is 0.0275. The zero-order valence-corrected chi connectivity index (χ0v) is 12.1. The molecule has 0 fully saturated rings. The summed E-state index contributed by atoms with van der Waals surface area (Å²) in [5.41, 5.74) is 3.15. The summed E-state index contributed by atoms with van der Waals surface area (Å²) in [6.07, 6.45) is 2.15. The molecule has 1 aromatic carbocycles. The van der Waals surface area contributed by atoms with Gasteiger partial charge in [0, 0.05) is 18.8 Å². The first kappa shape index (κ1) is 14.7. The van der Waals surface area contributed by atoms with Crippen molar-refractivity contribution in [1.29, 1.82) is 0 Å². The summed E-state index contributed by atoms with van der Waals surface area (Å²) >= 11 is 0. The molecule has 0 aliphatic rings. The van der Waals surface area contributed by atoms with E-state index >= 15 is 0 Å². The molecule has 2 N–H and O–H groups in total. The minimum Gasteiger partial charge on any atom is -0.387 e. The summed E-state index contributed by atoms with van der Waals surface area (Å²) < 4.78 is 0. The van der Waals surface area contributed by atoms with Crippen molar-refractivity contribution in [2.24, 2.45) is 0 Å². The molecule has 20 heavy (non-hydrogen) atoms. The highest BCUT2D eigenvalue weighted by Crippen LogP contribution is 2.19. The van der Waals surface area contributed by atoms with Crippen LogP contribution in [0, 0.1) is 6.92 Å². The third-order valence-electron chi connectivity index (χ3n) is 3.51. The molecule has 0 spiro atoms. The maximum atomic E-state index is 10.5. The Balaban J connectivity index is 1.98. The topological polar surface area (TPSA) is 45.2 Å². The van der Waals surface area contributed by atoms with Crippen molar-refractivity contribution in [1.82, 2.24) is 10.3 Å². The van der Waals surface area contributed by atoms with Crippen LogP contribution in [0.5, 0.6) is 0 Å². The van der Waals surface area contributed by atoms with Crippen molar-refractivity contribution >= 4 is 0 Å². The minimum atomic E-state index is -0.496. The van der Waals surface area contributed by atoms with Gasteiger partial charge >= 0.3 is 0 Å². The number of aryl methyl sites for hydroxylation is 1. The van der Waals surface area contributed by atoms with E-state index < -0.39 is 6.10 Å². The highest BCUT2D eigenvalue weighted by Gasteiger charge is 2.18. The lowest BCUT2D eigenvalue weighted by Gasteiger charge is -2.23. The van der Waals surface area contributed by atoms with Crippen LogP contribution in [0.3, 0.4) is 0 Å². The molecule has 0 amide bonds. The number of aliphatic hydroxyl groups is 1. The third-order valence-corrected chi connectivity index (χ3v) is 3.51. The van der Waals surface area contributed by atoms with E-state index in [9.17, 15) is 5.11 Å². The highest BCUT2D eigenvalue weighted by atomic mass is 16.3. The standard InChI is InChI=1S/C17H22N2O/c1-3-16(19-12-15-6-4-5-11-18-15)17(20)14-9-7-13(2)8-10-14/h4-11,16-17,19-20H,3,12H2,1-2H3. The van der Waals surface area contributed by atoms with E-state index in [1.54, 1.807) is 6.20 Å². The zero-order valence-electron chi connectivity index (χ0n) is 12.1. The molecule has 1 aromatic heterocycles. The van der Waals surface area contributed by atoms with E-state index in [2.05, 4.69) is 17.2 Å². The summed E-state index contributed by atoms with van der Waals surface area (Å²) in [6.45, 7) is 4.79. The Morgan fingerprint density at radius 2 is 1.90 bits per heavy atom. The largest absolute Gasteiger partial charge is 0.387 e. The monoisotopic (exact) mass is 270 g/mol. The molecule has 0 bridgehead atoms. The molecule has 3 nitrogen and oxygen atoms in total. The second kappa shape index (κ2) is 7.17. The van der Waals surface area contributed by atoms with Crippen molar-refractivity contribution < 1.29 is 5.11 Å². The Kier molecular flexibility index (Phi) is 5.27. The SMILES string of the molecule is CCC(NCc1ccccn1)C(O)c1ccc(C)cc1. The predicted molar refractivity (Wildman–Crippen MR) is 81.3 cm³/mol. The van der Waals surface area contributed by atoms with Gasteiger partial charge in [-0.25, -0.2) is 0 Å². The van der Waals surface area contributed by atoms with Crippen LogP contribution in [0.4, 0.5) is 0 Å². The molecular weight excluding hydrogens is 248 g/mol. The molecule has 106 valence electrons. The number of nitrogens with one attached hydrogen (secondary N) is 1. The Bertz CT molecular complexity index is 510. The lowest BCUT2D eigenvalue weighted by Crippen LogP contribution is -2.34. The second-order valence-corrected chi connectivity index (χ2v) is 5.07. The van der Waals surface area contributed by atoms with Crippen molar-refractivity contribution in [3.8, 4) is 0 Å². The molecule has 2 rings (SSSR count). The van der Waals surface area contributed by atoms with Crippen LogP contribution in [-0.4, -0.2) is 16.1 Å². The number of hydrogen-bond donors (Lipinski definition) is 2. The Morgan fingerprint density at radius 1 is 1.15 bits per heavy atom. The first-order valence-electron chi connectivity index (χ1n) is 7.08. The fourth-order valence-corrected chi connectivity index (χ4v) is 2.21. The highest BCUT2D eigenvalue weighted by molar-refractivity contribution is 5.24. The van der Waals surface area contributed by atoms with Crippen LogP contribution in [-0.2, 0) is 6.54 Å². The number of pyridine rings is 1. The molecule has 2 atom stereocenters.